The van der Waals surface area contributed by atoms with Gasteiger partial charge in [0, 0.05) is 18.5 Å². The van der Waals surface area contributed by atoms with Gasteiger partial charge in [-0.1, -0.05) is 0 Å². The molecule has 1 spiro atoms. The lowest BCUT2D eigenvalue weighted by Gasteiger charge is -2.58. The van der Waals surface area contributed by atoms with Crippen molar-refractivity contribution in [3.8, 4) is 0 Å². The Kier molecular flexibility index (Phi) is 2.65. The van der Waals surface area contributed by atoms with Gasteiger partial charge in [-0.3, -0.25) is 0 Å². The molecule has 1 heterocycles. The molecular formula is C12H22N2O2. The lowest BCUT2D eigenvalue weighted by Crippen LogP contribution is -2.64. The molecular weight excluding hydrogens is 204 g/mol. The molecule has 1 amide bonds. The topological polar surface area (TPSA) is 55.6 Å². The first kappa shape index (κ1) is 11.7. The van der Waals surface area contributed by atoms with Crippen molar-refractivity contribution in [2.24, 2.45) is 17.1 Å². The van der Waals surface area contributed by atoms with Gasteiger partial charge in [0.05, 0.1) is 0 Å². The molecule has 2 N–H and O–H groups in total. The summed E-state index contributed by atoms with van der Waals surface area (Å²) in [7, 11) is 0. The smallest absolute Gasteiger partial charge is 0.410 e. The van der Waals surface area contributed by atoms with Crippen LogP contribution in [0.1, 0.15) is 33.6 Å². The number of ether oxygens (including phenoxy) is 1. The van der Waals surface area contributed by atoms with Crippen LogP contribution in [0.3, 0.4) is 0 Å². The van der Waals surface area contributed by atoms with Gasteiger partial charge in [0.1, 0.15) is 5.60 Å². The van der Waals surface area contributed by atoms with Gasteiger partial charge >= 0.3 is 6.09 Å². The monoisotopic (exact) mass is 226 g/mol. The summed E-state index contributed by atoms with van der Waals surface area (Å²) in [6.07, 6.45) is 2.19. The van der Waals surface area contributed by atoms with E-state index in [0.717, 1.165) is 19.6 Å². The zero-order chi connectivity index (χ0) is 12.0. The summed E-state index contributed by atoms with van der Waals surface area (Å²) in [6.45, 7) is 8.20. The molecule has 2 fully saturated rings. The number of hydrogen-bond acceptors (Lipinski definition) is 3. The molecule has 1 saturated heterocycles. The van der Waals surface area contributed by atoms with Crippen LogP contribution in [-0.4, -0.2) is 36.2 Å². The molecule has 0 atom stereocenters. The van der Waals surface area contributed by atoms with Crippen LogP contribution in [0.25, 0.3) is 0 Å². The van der Waals surface area contributed by atoms with Crippen molar-refractivity contribution >= 4 is 6.09 Å². The van der Waals surface area contributed by atoms with Gasteiger partial charge in [0.25, 0.3) is 0 Å². The molecule has 4 heteroatoms. The highest BCUT2D eigenvalue weighted by molar-refractivity contribution is 5.69. The van der Waals surface area contributed by atoms with Crippen LogP contribution in [0.15, 0.2) is 0 Å². The molecule has 0 aromatic rings. The average molecular weight is 226 g/mol. The SMILES string of the molecule is CC(C)(C)OC(=O)N1CC2(CC(CN)C2)C1. The van der Waals surface area contributed by atoms with E-state index >= 15 is 0 Å². The highest BCUT2D eigenvalue weighted by atomic mass is 16.6. The molecule has 1 aliphatic carbocycles. The molecule has 0 unspecified atom stereocenters. The summed E-state index contributed by atoms with van der Waals surface area (Å²) in [6, 6.07) is 0. The summed E-state index contributed by atoms with van der Waals surface area (Å²) in [4.78, 5) is 13.5. The molecule has 92 valence electrons. The Morgan fingerprint density at radius 1 is 1.44 bits per heavy atom. The molecule has 2 aliphatic rings. The van der Waals surface area contributed by atoms with Crippen LogP contribution >= 0.6 is 0 Å². The van der Waals surface area contributed by atoms with Gasteiger partial charge in [0.15, 0.2) is 0 Å². The lowest BCUT2D eigenvalue weighted by molar-refractivity contribution is -0.0928. The van der Waals surface area contributed by atoms with Gasteiger partial charge in [-0.15, -0.1) is 0 Å². The number of rotatable bonds is 1. The Hall–Kier alpha value is -0.770. The third-order valence-corrected chi connectivity index (χ3v) is 3.48. The zero-order valence-corrected chi connectivity index (χ0v) is 10.5. The van der Waals surface area contributed by atoms with Gasteiger partial charge in [0.2, 0.25) is 0 Å². The molecule has 0 aromatic carbocycles. The number of nitrogens with zero attached hydrogens (tertiary/aromatic N) is 1. The Morgan fingerprint density at radius 2 is 2.00 bits per heavy atom. The van der Waals surface area contributed by atoms with Crippen molar-refractivity contribution in [2.45, 2.75) is 39.2 Å². The molecule has 1 aliphatic heterocycles. The third kappa shape index (κ3) is 2.17. The van der Waals surface area contributed by atoms with Crippen molar-refractivity contribution in [3.63, 3.8) is 0 Å². The molecule has 4 nitrogen and oxygen atoms in total. The van der Waals surface area contributed by atoms with Crippen molar-refractivity contribution in [3.05, 3.63) is 0 Å². The second-order valence-corrected chi connectivity index (χ2v) is 6.35. The number of carbonyl (C=O) groups excluding carboxylic acids is 1. The van der Waals surface area contributed by atoms with Crippen LogP contribution in [-0.2, 0) is 4.74 Å². The number of nitrogens with two attached hydrogens (primary N) is 1. The van der Waals surface area contributed by atoms with E-state index in [4.69, 9.17) is 10.5 Å². The van der Waals surface area contributed by atoms with Crippen molar-refractivity contribution in [1.29, 1.82) is 0 Å². The Labute approximate surface area is 97.1 Å². The molecule has 16 heavy (non-hydrogen) atoms. The van der Waals surface area contributed by atoms with E-state index in [1.54, 1.807) is 4.90 Å². The zero-order valence-electron chi connectivity index (χ0n) is 10.5. The van der Waals surface area contributed by atoms with Crippen LogP contribution in [0.5, 0.6) is 0 Å². The van der Waals surface area contributed by atoms with E-state index < -0.39 is 0 Å². The molecule has 0 radical (unpaired) electrons. The van der Waals surface area contributed by atoms with Crippen LogP contribution in [0, 0.1) is 11.3 Å². The predicted octanol–water partition coefficient (Wildman–Crippen LogP) is 1.59. The summed E-state index contributed by atoms with van der Waals surface area (Å²) in [5.74, 6) is 0.681. The molecule has 0 bridgehead atoms. The maximum atomic E-state index is 11.7. The maximum absolute atomic E-state index is 11.7. The summed E-state index contributed by atoms with van der Waals surface area (Å²) in [5.41, 5.74) is 5.61. The fourth-order valence-electron chi connectivity index (χ4n) is 2.81. The number of carbonyl (C=O) groups is 1. The standard InChI is InChI=1S/C12H22N2O2/c1-11(2,3)16-10(15)14-7-12(8-14)4-9(5-12)6-13/h9H,4-8,13H2,1-3H3. The van der Waals surface area contributed by atoms with E-state index in [9.17, 15) is 4.79 Å². The third-order valence-electron chi connectivity index (χ3n) is 3.48. The summed E-state index contributed by atoms with van der Waals surface area (Å²) >= 11 is 0. The lowest BCUT2D eigenvalue weighted by atomic mass is 9.58. The van der Waals surface area contributed by atoms with Gasteiger partial charge in [-0.2, -0.15) is 0 Å². The quantitative estimate of drug-likeness (QED) is 0.738. The molecule has 0 aromatic heterocycles. The minimum Gasteiger partial charge on any atom is -0.444 e. The van der Waals surface area contributed by atoms with Crippen LogP contribution < -0.4 is 5.73 Å². The van der Waals surface area contributed by atoms with Crippen molar-refractivity contribution in [1.82, 2.24) is 4.90 Å². The number of likely N-dealkylation sites (tertiary alicyclic amines) is 1. The minimum atomic E-state index is -0.390. The van der Waals surface area contributed by atoms with Gasteiger partial charge in [-0.05, 0) is 46.1 Å². The molecule has 2 rings (SSSR count). The highest BCUT2D eigenvalue weighted by Gasteiger charge is 2.53. The average Bonchev–Trinajstić information content (AvgIpc) is 1.95. The highest BCUT2D eigenvalue weighted by Crippen LogP contribution is 2.51. The first-order valence-electron chi connectivity index (χ1n) is 6.02. The van der Waals surface area contributed by atoms with Gasteiger partial charge in [-0.25, -0.2) is 4.79 Å². The minimum absolute atomic E-state index is 0.172. The van der Waals surface area contributed by atoms with Crippen LogP contribution in [0.2, 0.25) is 0 Å². The number of amides is 1. The Bertz CT molecular complexity index is 282. The van der Waals surface area contributed by atoms with E-state index in [-0.39, 0.29) is 11.7 Å². The fourth-order valence-corrected chi connectivity index (χ4v) is 2.81. The maximum Gasteiger partial charge on any atom is 0.410 e. The Balaban J connectivity index is 1.75. The van der Waals surface area contributed by atoms with E-state index in [0.29, 0.717) is 11.3 Å². The summed E-state index contributed by atoms with van der Waals surface area (Å²) < 4.78 is 5.32. The fraction of sp³-hybridized carbons (Fsp3) is 0.917. The van der Waals surface area contributed by atoms with Gasteiger partial charge < -0.3 is 15.4 Å². The second-order valence-electron chi connectivity index (χ2n) is 6.35. The second kappa shape index (κ2) is 3.62. The van der Waals surface area contributed by atoms with E-state index in [1.165, 1.54) is 12.8 Å². The summed E-state index contributed by atoms with van der Waals surface area (Å²) in [5, 5.41) is 0. The largest absolute Gasteiger partial charge is 0.444 e. The predicted molar refractivity (Wildman–Crippen MR) is 62.0 cm³/mol. The normalized spacial score (nSPS) is 23.9. The Morgan fingerprint density at radius 3 is 2.44 bits per heavy atom. The first-order chi connectivity index (χ1) is 7.34. The van der Waals surface area contributed by atoms with E-state index in [1.807, 2.05) is 20.8 Å². The van der Waals surface area contributed by atoms with E-state index in [2.05, 4.69) is 0 Å². The molecule has 1 saturated carbocycles. The van der Waals surface area contributed by atoms with Crippen molar-refractivity contribution in [2.75, 3.05) is 19.6 Å². The number of hydrogen-bond donors (Lipinski definition) is 1. The van der Waals surface area contributed by atoms with Crippen LogP contribution in [0.4, 0.5) is 4.79 Å². The van der Waals surface area contributed by atoms with Crippen molar-refractivity contribution < 1.29 is 9.53 Å². The first-order valence-corrected chi connectivity index (χ1v) is 6.02.